The van der Waals surface area contributed by atoms with Gasteiger partial charge in [-0.05, 0) is 23.8 Å². The zero-order valence-electron chi connectivity index (χ0n) is 11.0. The van der Waals surface area contributed by atoms with E-state index in [2.05, 4.69) is 10.0 Å². The second kappa shape index (κ2) is 5.49. The van der Waals surface area contributed by atoms with Crippen molar-refractivity contribution >= 4 is 28.5 Å². The van der Waals surface area contributed by atoms with Crippen LogP contribution in [0.5, 0.6) is 0 Å². The van der Waals surface area contributed by atoms with Crippen LogP contribution in [-0.2, 0) is 22.2 Å². The standard InChI is InChI=1S/C15H12N2O3S/c18-13-9-10-5-4-8-12(14(10)15(19)16-13)17-21(20)11-6-2-1-3-7-11/h1-8,17H,9H2,(H,16,18,19). The maximum Gasteiger partial charge on any atom is 0.260 e. The maximum atomic E-state index is 12.3. The highest BCUT2D eigenvalue weighted by molar-refractivity contribution is 7.86. The average molecular weight is 300 g/mol. The van der Waals surface area contributed by atoms with Crippen LogP contribution >= 0.6 is 0 Å². The Bertz CT molecular complexity index is 744. The molecule has 106 valence electrons. The molecule has 0 aliphatic carbocycles. The van der Waals surface area contributed by atoms with Gasteiger partial charge in [0, 0.05) is 0 Å². The number of nitrogens with one attached hydrogen (secondary N) is 2. The van der Waals surface area contributed by atoms with Crippen molar-refractivity contribution in [2.45, 2.75) is 11.3 Å². The molecule has 0 radical (unpaired) electrons. The van der Waals surface area contributed by atoms with Crippen LogP contribution in [0.4, 0.5) is 5.69 Å². The number of fused-ring (bicyclic) bond motifs is 1. The van der Waals surface area contributed by atoms with Crippen LogP contribution < -0.4 is 10.0 Å². The van der Waals surface area contributed by atoms with Gasteiger partial charge < -0.3 is 4.72 Å². The summed E-state index contributed by atoms with van der Waals surface area (Å²) in [7, 11) is -1.47. The third kappa shape index (κ3) is 2.71. The first-order valence-corrected chi connectivity index (χ1v) is 7.49. The Morgan fingerprint density at radius 2 is 1.76 bits per heavy atom. The minimum atomic E-state index is -1.47. The second-order valence-corrected chi connectivity index (χ2v) is 5.79. The first kappa shape index (κ1) is 13.5. The van der Waals surface area contributed by atoms with Crippen LogP contribution in [0.25, 0.3) is 0 Å². The normalized spacial score (nSPS) is 15.0. The molecule has 5 nitrogen and oxygen atoms in total. The molecule has 0 spiro atoms. The molecule has 0 saturated heterocycles. The molecule has 0 fully saturated rings. The fourth-order valence-electron chi connectivity index (χ4n) is 2.21. The number of anilines is 1. The molecule has 1 heterocycles. The van der Waals surface area contributed by atoms with Gasteiger partial charge in [0.2, 0.25) is 5.91 Å². The SMILES string of the molecule is O=C1Cc2cccc(NS(=O)c3ccccc3)c2C(=O)N1. The van der Waals surface area contributed by atoms with E-state index in [1.54, 1.807) is 42.5 Å². The second-order valence-electron chi connectivity index (χ2n) is 4.58. The fraction of sp³-hybridized carbons (Fsp3) is 0.0667. The summed E-state index contributed by atoms with van der Waals surface area (Å²) in [6.07, 6.45) is 0.147. The van der Waals surface area contributed by atoms with Crippen LogP contribution in [0.15, 0.2) is 53.4 Å². The highest BCUT2D eigenvalue weighted by atomic mass is 32.2. The van der Waals surface area contributed by atoms with Crippen molar-refractivity contribution in [2.24, 2.45) is 0 Å². The van der Waals surface area contributed by atoms with Gasteiger partial charge in [0.05, 0.1) is 22.6 Å². The van der Waals surface area contributed by atoms with Crippen molar-refractivity contribution in [3.63, 3.8) is 0 Å². The largest absolute Gasteiger partial charge is 0.300 e. The van der Waals surface area contributed by atoms with Gasteiger partial charge in [-0.3, -0.25) is 14.9 Å². The Kier molecular flexibility index (Phi) is 3.53. The topological polar surface area (TPSA) is 75.3 Å². The van der Waals surface area contributed by atoms with Gasteiger partial charge in [-0.1, -0.05) is 30.3 Å². The molecule has 1 aliphatic heterocycles. The number of hydrogen-bond donors (Lipinski definition) is 2. The van der Waals surface area contributed by atoms with Crippen LogP contribution in [0, 0.1) is 0 Å². The van der Waals surface area contributed by atoms with E-state index in [1.807, 2.05) is 6.07 Å². The van der Waals surface area contributed by atoms with Crippen LogP contribution in [-0.4, -0.2) is 16.0 Å². The fourth-order valence-corrected chi connectivity index (χ4v) is 3.10. The van der Waals surface area contributed by atoms with Gasteiger partial charge in [0.15, 0.2) is 0 Å². The Balaban J connectivity index is 1.94. The van der Waals surface area contributed by atoms with Crippen LogP contribution in [0.1, 0.15) is 15.9 Å². The smallest absolute Gasteiger partial charge is 0.260 e. The van der Waals surface area contributed by atoms with Crippen LogP contribution in [0.3, 0.4) is 0 Å². The molecular weight excluding hydrogens is 288 g/mol. The summed E-state index contributed by atoms with van der Waals surface area (Å²) in [5.41, 5.74) is 1.47. The summed E-state index contributed by atoms with van der Waals surface area (Å²) in [5.74, 6) is -0.789. The molecule has 1 unspecified atom stereocenters. The number of hydrogen-bond acceptors (Lipinski definition) is 3. The molecular formula is C15H12N2O3S. The Labute approximate surface area is 124 Å². The molecule has 1 atom stereocenters. The molecule has 2 amide bonds. The van der Waals surface area contributed by atoms with Crippen molar-refractivity contribution in [1.29, 1.82) is 0 Å². The zero-order chi connectivity index (χ0) is 14.8. The molecule has 2 N–H and O–H groups in total. The lowest BCUT2D eigenvalue weighted by atomic mass is 9.98. The van der Waals surface area contributed by atoms with E-state index in [-0.39, 0.29) is 12.3 Å². The lowest BCUT2D eigenvalue weighted by Crippen LogP contribution is -2.37. The third-order valence-electron chi connectivity index (χ3n) is 3.14. The number of imide groups is 1. The molecule has 0 saturated carbocycles. The number of rotatable bonds is 3. The van der Waals surface area contributed by atoms with E-state index in [9.17, 15) is 13.8 Å². The highest BCUT2D eigenvalue weighted by Crippen LogP contribution is 2.24. The molecule has 2 aromatic carbocycles. The lowest BCUT2D eigenvalue weighted by molar-refractivity contribution is -0.119. The van der Waals surface area contributed by atoms with Gasteiger partial charge in [-0.2, -0.15) is 0 Å². The Hall–Kier alpha value is -2.47. The van der Waals surface area contributed by atoms with Gasteiger partial charge in [0.1, 0.15) is 11.0 Å². The summed E-state index contributed by atoms with van der Waals surface area (Å²) >= 11 is 0. The minimum absolute atomic E-state index is 0.147. The number of carbonyl (C=O) groups is 2. The van der Waals surface area contributed by atoms with Crippen molar-refractivity contribution in [3.05, 3.63) is 59.7 Å². The lowest BCUT2D eigenvalue weighted by Gasteiger charge is -2.18. The first-order valence-electron chi connectivity index (χ1n) is 6.34. The molecule has 0 bridgehead atoms. The summed E-state index contributed by atoms with van der Waals surface area (Å²) in [4.78, 5) is 24.0. The molecule has 21 heavy (non-hydrogen) atoms. The predicted molar refractivity (Wildman–Crippen MR) is 79.1 cm³/mol. The molecule has 2 aromatic rings. The van der Waals surface area contributed by atoms with E-state index in [0.29, 0.717) is 21.7 Å². The minimum Gasteiger partial charge on any atom is -0.300 e. The highest BCUT2D eigenvalue weighted by Gasteiger charge is 2.25. The van der Waals surface area contributed by atoms with Crippen LogP contribution in [0.2, 0.25) is 0 Å². The third-order valence-corrected chi connectivity index (χ3v) is 4.25. The molecule has 3 rings (SSSR count). The molecule has 1 aliphatic rings. The summed E-state index contributed by atoms with van der Waals surface area (Å²) in [5, 5.41) is 2.27. The van der Waals surface area contributed by atoms with Crippen molar-refractivity contribution in [1.82, 2.24) is 5.32 Å². The van der Waals surface area contributed by atoms with Gasteiger partial charge >= 0.3 is 0 Å². The quantitative estimate of drug-likeness (QED) is 0.846. The van der Waals surface area contributed by atoms with Crippen molar-refractivity contribution in [2.75, 3.05) is 4.72 Å². The van der Waals surface area contributed by atoms with E-state index < -0.39 is 16.9 Å². The summed E-state index contributed by atoms with van der Waals surface area (Å²) in [6, 6.07) is 14.0. The number of amides is 2. The zero-order valence-corrected chi connectivity index (χ0v) is 11.8. The van der Waals surface area contributed by atoms with E-state index in [4.69, 9.17) is 0 Å². The van der Waals surface area contributed by atoms with Crippen molar-refractivity contribution < 1.29 is 13.8 Å². The van der Waals surface area contributed by atoms with Gasteiger partial charge in [-0.15, -0.1) is 0 Å². The first-order chi connectivity index (χ1) is 10.1. The van der Waals surface area contributed by atoms with Gasteiger partial charge in [0.25, 0.3) is 5.91 Å². The van der Waals surface area contributed by atoms with E-state index in [0.717, 1.165) is 0 Å². The Morgan fingerprint density at radius 1 is 1.00 bits per heavy atom. The Morgan fingerprint density at radius 3 is 2.52 bits per heavy atom. The van der Waals surface area contributed by atoms with Gasteiger partial charge in [-0.25, -0.2) is 4.21 Å². The molecule has 0 aromatic heterocycles. The summed E-state index contributed by atoms with van der Waals surface area (Å²) < 4.78 is 15.1. The van der Waals surface area contributed by atoms with Crippen molar-refractivity contribution in [3.8, 4) is 0 Å². The van der Waals surface area contributed by atoms with E-state index >= 15 is 0 Å². The summed E-state index contributed by atoms with van der Waals surface area (Å²) in [6.45, 7) is 0. The predicted octanol–water partition coefficient (Wildman–Crippen LogP) is 1.63. The van der Waals surface area contributed by atoms with E-state index in [1.165, 1.54) is 0 Å². The maximum absolute atomic E-state index is 12.3. The number of benzene rings is 2. The molecule has 6 heteroatoms. The monoisotopic (exact) mass is 300 g/mol. The average Bonchev–Trinajstić information content (AvgIpc) is 2.47. The number of carbonyl (C=O) groups excluding carboxylic acids is 2.